The maximum Gasteiger partial charge on any atom is 0.418 e. The number of aromatic nitrogens is 6. The molecule has 0 aliphatic rings. The van der Waals surface area contributed by atoms with Crippen LogP contribution in [0, 0.1) is 0 Å². The number of nitrogens with zero attached hydrogens (tertiary/aromatic N) is 7. The Morgan fingerprint density at radius 3 is 2.61 bits per heavy atom. The van der Waals surface area contributed by atoms with Gasteiger partial charge in [-0.1, -0.05) is 6.07 Å². The van der Waals surface area contributed by atoms with Gasteiger partial charge in [0.15, 0.2) is 11.5 Å². The topological polar surface area (TPSA) is 105 Å². The highest BCUT2D eigenvalue weighted by Crippen LogP contribution is 2.36. The summed E-state index contributed by atoms with van der Waals surface area (Å²) in [5.74, 6) is -0.121. The summed E-state index contributed by atoms with van der Waals surface area (Å²) in [5, 5.41) is 14.2. The van der Waals surface area contributed by atoms with Crippen molar-refractivity contribution >= 4 is 28.4 Å². The molecule has 1 aromatic carbocycles. The average molecular weight is 461 g/mol. The smallest absolute Gasteiger partial charge is 0.357 e. The summed E-state index contributed by atoms with van der Waals surface area (Å²) >= 11 is 0. The largest absolute Gasteiger partial charge is 0.418 e. The monoisotopic (exact) mass is 461 g/mol. The van der Waals surface area contributed by atoms with Crippen LogP contribution < -0.4 is 10.6 Å². The highest BCUT2D eigenvalue weighted by molar-refractivity contribution is 5.95. The van der Waals surface area contributed by atoms with Gasteiger partial charge in [-0.25, -0.2) is 9.97 Å². The summed E-state index contributed by atoms with van der Waals surface area (Å²) in [6.45, 7) is 0.270. The van der Waals surface area contributed by atoms with E-state index < -0.39 is 17.8 Å². The van der Waals surface area contributed by atoms with Crippen molar-refractivity contribution in [3.8, 4) is 11.4 Å². The van der Waals surface area contributed by atoms with E-state index in [0.29, 0.717) is 5.56 Å². The molecule has 0 bridgehead atoms. The van der Waals surface area contributed by atoms with E-state index in [1.54, 1.807) is 43.1 Å². The Bertz CT molecular complexity index is 1330. The van der Waals surface area contributed by atoms with Crippen LogP contribution in [0.15, 0.2) is 30.6 Å². The minimum atomic E-state index is -4.63. The molecule has 0 radical (unpaired) electrons. The van der Waals surface area contributed by atoms with Crippen LogP contribution in [0.3, 0.4) is 0 Å². The van der Waals surface area contributed by atoms with Gasteiger partial charge in [0.25, 0.3) is 0 Å². The fourth-order valence-corrected chi connectivity index (χ4v) is 3.50. The van der Waals surface area contributed by atoms with E-state index >= 15 is 0 Å². The Kier molecular flexibility index (Phi) is 5.66. The van der Waals surface area contributed by atoms with E-state index in [1.165, 1.54) is 23.7 Å². The van der Waals surface area contributed by atoms with Gasteiger partial charge in [-0.05, 0) is 26.2 Å². The highest BCUT2D eigenvalue weighted by atomic mass is 19.4. The van der Waals surface area contributed by atoms with E-state index in [9.17, 15) is 18.0 Å². The predicted molar refractivity (Wildman–Crippen MR) is 116 cm³/mol. The average Bonchev–Trinajstić information content (AvgIpc) is 3.38. The second kappa shape index (κ2) is 8.31. The molecule has 174 valence electrons. The van der Waals surface area contributed by atoms with Crippen LogP contribution in [0.25, 0.3) is 27.9 Å². The molecule has 1 atom stereocenters. The number of amides is 1. The van der Waals surface area contributed by atoms with Crippen LogP contribution in [0.4, 0.5) is 19.1 Å². The van der Waals surface area contributed by atoms with Crippen LogP contribution in [0.5, 0.6) is 0 Å². The zero-order valence-corrected chi connectivity index (χ0v) is 18.3. The zero-order chi connectivity index (χ0) is 23.9. The van der Waals surface area contributed by atoms with E-state index in [0.717, 1.165) is 6.07 Å². The van der Waals surface area contributed by atoms with Gasteiger partial charge >= 0.3 is 6.18 Å². The normalized spacial score (nSPS) is 13.1. The number of halogens is 3. The number of benzene rings is 1. The molecule has 13 heteroatoms. The van der Waals surface area contributed by atoms with Gasteiger partial charge in [-0.15, -0.1) is 5.10 Å². The molecular formula is C20H22F3N9O. The number of nitrogens with one attached hydrogen (secondary N) is 2. The standard InChI is InChI=1S/C20H22F3N9O/c1-24-18(33)14(10-30(2)3)26-19-27-15-12(6-5-7-13(15)20(21,22)23)17-28-16(29-32(17)19)11-8-25-31(4)9-11/h5-9,14H,10H2,1-4H3,(H,24,33)(H,26,27). The number of para-hydroxylation sites is 1. The Hall–Kier alpha value is -3.74. The summed E-state index contributed by atoms with van der Waals surface area (Å²) in [5.41, 5.74) is -0.428. The third-order valence-corrected chi connectivity index (χ3v) is 4.98. The number of aryl methyl sites for hydroxylation is 1. The van der Waals surface area contributed by atoms with Crippen molar-refractivity contribution in [2.75, 3.05) is 33.0 Å². The number of hydrogen-bond acceptors (Lipinski definition) is 7. The first-order chi connectivity index (χ1) is 15.6. The molecule has 0 aliphatic heterocycles. The molecule has 0 fully saturated rings. The second-order valence-electron chi connectivity index (χ2n) is 7.78. The maximum absolute atomic E-state index is 13.8. The van der Waals surface area contributed by atoms with Crippen LogP contribution >= 0.6 is 0 Å². The Morgan fingerprint density at radius 2 is 2.00 bits per heavy atom. The molecule has 3 heterocycles. The molecule has 10 nitrogen and oxygen atoms in total. The van der Waals surface area contributed by atoms with E-state index in [2.05, 4.69) is 30.8 Å². The summed E-state index contributed by atoms with van der Waals surface area (Å²) in [7, 11) is 6.76. The van der Waals surface area contributed by atoms with Crippen molar-refractivity contribution in [3.05, 3.63) is 36.2 Å². The van der Waals surface area contributed by atoms with Gasteiger partial charge in [0, 0.05) is 32.2 Å². The minimum absolute atomic E-state index is 0.0349. The third-order valence-electron chi connectivity index (χ3n) is 4.98. The van der Waals surface area contributed by atoms with Gasteiger partial charge in [-0.2, -0.15) is 22.8 Å². The number of anilines is 1. The number of alkyl halides is 3. The summed E-state index contributed by atoms with van der Waals surface area (Å²) in [6, 6.07) is 2.97. The summed E-state index contributed by atoms with van der Waals surface area (Å²) in [6.07, 6.45) is -1.38. The first kappa shape index (κ1) is 22.5. The first-order valence-corrected chi connectivity index (χ1v) is 9.97. The first-order valence-electron chi connectivity index (χ1n) is 9.97. The van der Waals surface area contributed by atoms with Gasteiger partial charge in [0.1, 0.15) is 6.04 Å². The molecular weight excluding hydrogens is 439 g/mol. The van der Waals surface area contributed by atoms with Crippen molar-refractivity contribution in [3.63, 3.8) is 0 Å². The van der Waals surface area contributed by atoms with Crippen molar-refractivity contribution in [1.29, 1.82) is 0 Å². The van der Waals surface area contributed by atoms with E-state index in [-0.39, 0.29) is 40.8 Å². The number of carbonyl (C=O) groups is 1. The lowest BCUT2D eigenvalue weighted by Crippen LogP contribution is -2.45. The Balaban J connectivity index is 1.97. The third kappa shape index (κ3) is 4.31. The number of carbonyl (C=O) groups excluding carboxylic acids is 1. The van der Waals surface area contributed by atoms with Crippen LogP contribution in [0.2, 0.25) is 0 Å². The van der Waals surface area contributed by atoms with Crippen LogP contribution in [-0.2, 0) is 18.0 Å². The summed E-state index contributed by atoms with van der Waals surface area (Å²) in [4.78, 5) is 23.0. The highest BCUT2D eigenvalue weighted by Gasteiger charge is 2.34. The van der Waals surface area contributed by atoms with Crippen LogP contribution in [-0.4, -0.2) is 73.9 Å². The molecule has 0 saturated heterocycles. The molecule has 1 unspecified atom stereocenters. The molecule has 4 rings (SSSR count). The SMILES string of the molecule is CNC(=O)C(CN(C)C)Nc1nc2c(C(F)(F)F)cccc2c2nc(-c3cnn(C)c3)nn12. The number of rotatable bonds is 6. The fraction of sp³-hybridized carbons (Fsp3) is 0.350. The van der Waals surface area contributed by atoms with Gasteiger partial charge in [0.2, 0.25) is 11.9 Å². The maximum atomic E-state index is 13.8. The number of fused-ring (bicyclic) bond motifs is 3. The van der Waals surface area contributed by atoms with Crippen molar-refractivity contribution in [2.45, 2.75) is 12.2 Å². The molecule has 0 spiro atoms. The minimum Gasteiger partial charge on any atom is -0.357 e. The van der Waals surface area contributed by atoms with Gasteiger partial charge < -0.3 is 15.5 Å². The van der Waals surface area contributed by atoms with Crippen molar-refractivity contribution in [1.82, 2.24) is 39.6 Å². The molecule has 33 heavy (non-hydrogen) atoms. The van der Waals surface area contributed by atoms with Crippen LogP contribution in [0.1, 0.15) is 5.56 Å². The number of likely N-dealkylation sites (N-methyl/N-ethyl adjacent to an activating group) is 2. The van der Waals surface area contributed by atoms with Crippen molar-refractivity contribution in [2.24, 2.45) is 7.05 Å². The lowest BCUT2D eigenvalue weighted by atomic mass is 10.1. The lowest BCUT2D eigenvalue weighted by Gasteiger charge is -2.22. The fourth-order valence-electron chi connectivity index (χ4n) is 3.50. The second-order valence-corrected chi connectivity index (χ2v) is 7.78. The predicted octanol–water partition coefficient (Wildman–Crippen LogP) is 1.78. The zero-order valence-electron chi connectivity index (χ0n) is 18.3. The molecule has 0 aliphatic carbocycles. The lowest BCUT2D eigenvalue weighted by molar-refractivity contribution is -0.136. The van der Waals surface area contributed by atoms with Gasteiger partial charge in [-0.3, -0.25) is 9.48 Å². The quantitative estimate of drug-likeness (QED) is 0.451. The van der Waals surface area contributed by atoms with E-state index in [4.69, 9.17) is 0 Å². The van der Waals surface area contributed by atoms with Crippen molar-refractivity contribution < 1.29 is 18.0 Å². The summed E-state index contributed by atoms with van der Waals surface area (Å²) < 4.78 is 44.1. The molecule has 0 saturated carbocycles. The molecule has 2 N–H and O–H groups in total. The van der Waals surface area contributed by atoms with E-state index in [1.807, 2.05) is 0 Å². The Morgan fingerprint density at radius 1 is 1.24 bits per heavy atom. The molecule has 1 amide bonds. The number of hydrogen-bond donors (Lipinski definition) is 2. The molecule has 3 aromatic heterocycles. The molecule has 4 aromatic rings. The van der Waals surface area contributed by atoms with Gasteiger partial charge in [0.05, 0.1) is 22.8 Å². The Labute approximate surface area is 186 Å².